The Labute approximate surface area is 152 Å². The molecule has 0 aliphatic carbocycles. The summed E-state index contributed by atoms with van der Waals surface area (Å²) < 4.78 is 29.2. The topological polar surface area (TPSA) is 94.1 Å². The van der Waals surface area contributed by atoms with Gasteiger partial charge in [-0.15, -0.1) is 11.3 Å². The van der Waals surface area contributed by atoms with Crippen molar-refractivity contribution < 1.29 is 33.3 Å². The minimum absolute atomic E-state index is 0.223. The number of fused-ring (bicyclic) bond motifs is 1. The highest BCUT2D eigenvalue weighted by Crippen LogP contribution is 2.24. The van der Waals surface area contributed by atoms with Gasteiger partial charge in [0, 0.05) is 11.3 Å². The molecule has 1 aromatic carbocycles. The highest BCUT2D eigenvalue weighted by Gasteiger charge is 2.47. The lowest BCUT2D eigenvalue weighted by atomic mass is 10.1. The first-order valence-electron chi connectivity index (χ1n) is 8.10. The van der Waals surface area contributed by atoms with Gasteiger partial charge >= 0.3 is 17.9 Å². The predicted molar refractivity (Wildman–Crippen MR) is 90.9 cm³/mol. The summed E-state index contributed by atoms with van der Waals surface area (Å²) in [5.74, 6) is -4.90. The number of hydrogen-bond donors (Lipinski definition) is 2. The zero-order chi connectivity index (χ0) is 18.6. The van der Waals surface area contributed by atoms with Crippen molar-refractivity contribution in [3.05, 3.63) is 35.0 Å². The third kappa shape index (κ3) is 4.55. The van der Waals surface area contributed by atoms with Gasteiger partial charge in [-0.25, -0.2) is 14.0 Å². The van der Waals surface area contributed by atoms with Crippen LogP contribution < -0.4 is 5.32 Å². The smallest absolute Gasteiger partial charge is 0.388 e. The summed E-state index contributed by atoms with van der Waals surface area (Å²) in [6.45, 7) is 1.06. The minimum Gasteiger partial charge on any atom is -0.388 e. The number of rotatable bonds is 9. The van der Waals surface area contributed by atoms with E-state index < -0.39 is 17.9 Å². The molecule has 140 valence electrons. The predicted octanol–water partition coefficient (Wildman–Crippen LogP) is 1.33. The number of hydrogen-bond acceptors (Lipinski definition) is 8. The minimum atomic E-state index is -2.24. The Kier molecular flexibility index (Phi) is 5.82. The molecule has 1 aliphatic heterocycles. The number of carbonyl (C=O) groups excluding carboxylic acids is 2. The molecule has 26 heavy (non-hydrogen) atoms. The fraction of sp³-hybridized carbons (Fsp3) is 0.412. The van der Waals surface area contributed by atoms with Crippen molar-refractivity contribution in [3.8, 4) is 0 Å². The van der Waals surface area contributed by atoms with Gasteiger partial charge in [-0.05, 0) is 53.9 Å². The molecule has 9 heteroatoms. The van der Waals surface area contributed by atoms with Crippen LogP contribution in [-0.2, 0) is 30.2 Å². The Morgan fingerprint density at radius 2 is 2.00 bits per heavy atom. The Balaban J connectivity index is 1.29. The number of nitrogens with one attached hydrogen (secondary N) is 1. The van der Waals surface area contributed by atoms with Gasteiger partial charge in [0.2, 0.25) is 0 Å². The average molecular weight is 383 g/mol. The Bertz CT molecular complexity index is 792. The molecular formula is C17H18FNO6S. The number of carbonyl (C=O) groups is 2. The quantitative estimate of drug-likeness (QED) is 0.383. The molecular weight excluding hydrogens is 365 g/mol. The first-order valence-corrected chi connectivity index (χ1v) is 8.98. The lowest BCUT2D eigenvalue weighted by Crippen LogP contribution is -2.42. The van der Waals surface area contributed by atoms with E-state index in [-0.39, 0.29) is 12.4 Å². The first kappa shape index (κ1) is 18.7. The summed E-state index contributed by atoms with van der Waals surface area (Å²) in [4.78, 5) is 21.7. The maximum Gasteiger partial charge on any atom is 0.422 e. The van der Waals surface area contributed by atoms with E-state index in [9.17, 15) is 19.1 Å². The van der Waals surface area contributed by atoms with Crippen LogP contribution in [0.2, 0.25) is 0 Å². The molecule has 2 aromatic rings. The van der Waals surface area contributed by atoms with Crippen LogP contribution in [0.3, 0.4) is 0 Å². The van der Waals surface area contributed by atoms with E-state index in [1.807, 2.05) is 17.5 Å². The molecule has 2 N–H and O–H groups in total. The molecule has 0 saturated carbocycles. The normalized spacial score (nSPS) is 16.1. The molecule has 1 aliphatic rings. The highest BCUT2D eigenvalue weighted by atomic mass is 32.1. The van der Waals surface area contributed by atoms with Crippen LogP contribution in [0, 0.1) is 5.82 Å². The van der Waals surface area contributed by atoms with Crippen LogP contribution in [0.5, 0.6) is 0 Å². The maximum atomic E-state index is 14.0. The largest absolute Gasteiger partial charge is 0.422 e. The number of aliphatic hydroxyl groups is 1. The Morgan fingerprint density at radius 1 is 1.23 bits per heavy atom. The molecule has 2 heterocycles. The number of benzene rings is 1. The second-order valence-corrected chi connectivity index (χ2v) is 6.73. The fourth-order valence-electron chi connectivity index (χ4n) is 2.52. The van der Waals surface area contributed by atoms with Crippen molar-refractivity contribution in [1.82, 2.24) is 5.32 Å². The number of halogens is 1. The van der Waals surface area contributed by atoms with E-state index in [2.05, 4.69) is 14.8 Å². The summed E-state index contributed by atoms with van der Waals surface area (Å²) in [6, 6.07) is 5.35. The van der Waals surface area contributed by atoms with Gasteiger partial charge in [-0.2, -0.15) is 0 Å². The molecule has 1 aromatic heterocycles. The highest BCUT2D eigenvalue weighted by molar-refractivity contribution is 7.17. The van der Waals surface area contributed by atoms with E-state index in [4.69, 9.17) is 4.74 Å². The van der Waals surface area contributed by atoms with Gasteiger partial charge in [0.1, 0.15) is 12.4 Å². The lowest BCUT2D eigenvalue weighted by molar-refractivity contribution is -0.287. The van der Waals surface area contributed by atoms with Gasteiger partial charge in [-0.3, -0.25) is 0 Å². The van der Waals surface area contributed by atoms with Crippen molar-refractivity contribution in [1.29, 1.82) is 0 Å². The molecule has 3 rings (SSSR count). The molecule has 0 atom stereocenters. The summed E-state index contributed by atoms with van der Waals surface area (Å²) in [6.07, 6.45) is 1.10. The fourth-order valence-corrected chi connectivity index (χ4v) is 3.32. The molecule has 0 unspecified atom stereocenters. The van der Waals surface area contributed by atoms with Crippen molar-refractivity contribution in [2.75, 3.05) is 26.3 Å². The van der Waals surface area contributed by atoms with E-state index >= 15 is 0 Å². The summed E-state index contributed by atoms with van der Waals surface area (Å²) in [5, 5.41) is 15.4. The SMILES string of the molecule is O=C1OC(O)(CNCCCOCCc2cc3ccsc3cc2F)OC1=O. The van der Waals surface area contributed by atoms with Crippen LogP contribution in [0.15, 0.2) is 23.6 Å². The van der Waals surface area contributed by atoms with Crippen molar-refractivity contribution in [2.24, 2.45) is 0 Å². The number of cyclic esters (lactones) is 2. The third-order valence-electron chi connectivity index (χ3n) is 3.80. The number of ether oxygens (including phenoxy) is 3. The van der Waals surface area contributed by atoms with Crippen LogP contribution in [0.4, 0.5) is 4.39 Å². The van der Waals surface area contributed by atoms with Gasteiger partial charge in [0.05, 0.1) is 6.61 Å². The van der Waals surface area contributed by atoms with Crippen LogP contribution in [-0.4, -0.2) is 49.3 Å². The number of esters is 2. The van der Waals surface area contributed by atoms with E-state index in [0.29, 0.717) is 38.2 Å². The van der Waals surface area contributed by atoms with Gasteiger partial charge in [0.25, 0.3) is 0 Å². The number of thiophene rings is 1. The van der Waals surface area contributed by atoms with Crippen LogP contribution in [0.25, 0.3) is 10.1 Å². The maximum absolute atomic E-state index is 14.0. The van der Waals surface area contributed by atoms with E-state index in [1.165, 1.54) is 11.3 Å². The average Bonchev–Trinajstić information content (AvgIpc) is 3.13. The Hall–Kier alpha value is -2.07. The standard InChI is InChI=1S/C17H18FNO6S/c18-13-9-14-12(3-7-26-14)8-11(13)2-6-23-5-1-4-19-10-17(22)24-15(20)16(21)25-17/h3,7-9,19,22H,1-2,4-6,10H2. The summed E-state index contributed by atoms with van der Waals surface area (Å²) in [5.41, 5.74) is 0.626. The summed E-state index contributed by atoms with van der Waals surface area (Å²) in [7, 11) is 0. The van der Waals surface area contributed by atoms with Gasteiger partial charge < -0.3 is 24.6 Å². The monoisotopic (exact) mass is 383 g/mol. The lowest BCUT2D eigenvalue weighted by Gasteiger charge is -2.18. The third-order valence-corrected chi connectivity index (χ3v) is 4.68. The van der Waals surface area contributed by atoms with Crippen LogP contribution >= 0.6 is 11.3 Å². The second kappa shape index (κ2) is 8.09. The van der Waals surface area contributed by atoms with Crippen molar-refractivity contribution >= 4 is 33.4 Å². The molecule has 0 amide bonds. The van der Waals surface area contributed by atoms with Crippen molar-refractivity contribution in [2.45, 2.75) is 18.8 Å². The van der Waals surface area contributed by atoms with Gasteiger partial charge in [0.15, 0.2) is 0 Å². The molecule has 0 bridgehead atoms. The molecule has 1 saturated heterocycles. The molecule has 1 fully saturated rings. The second-order valence-electron chi connectivity index (χ2n) is 5.79. The van der Waals surface area contributed by atoms with E-state index in [1.54, 1.807) is 6.07 Å². The molecule has 0 radical (unpaired) electrons. The van der Waals surface area contributed by atoms with E-state index in [0.717, 1.165) is 10.1 Å². The first-order chi connectivity index (χ1) is 12.5. The summed E-state index contributed by atoms with van der Waals surface area (Å²) >= 11 is 1.51. The van der Waals surface area contributed by atoms with Crippen LogP contribution in [0.1, 0.15) is 12.0 Å². The zero-order valence-corrected chi connectivity index (χ0v) is 14.6. The zero-order valence-electron chi connectivity index (χ0n) is 13.8. The molecule has 7 nitrogen and oxygen atoms in total. The Morgan fingerprint density at radius 3 is 2.77 bits per heavy atom. The van der Waals surface area contributed by atoms with Gasteiger partial charge in [-0.1, -0.05) is 0 Å². The molecule has 0 spiro atoms. The van der Waals surface area contributed by atoms with Crippen molar-refractivity contribution in [3.63, 3.8) is 0 Å².